The lowest BCUT2D eigenvalue weighted by Gasteiger charge is -2.32. The van der Waals surface area contributed by atoms with Crippen LogP contribution in [0.5, 0.6) is 11.5 Å². The van der Waals surface area contributed by atoms with Crippen molar-refractivity contribution >= 4 is 15.9 Å². The molecule has 0 bridgehead atoms. The maximum atomic E-state index is 12.5. The summed E-state index contributed by atoms with van der Waals surface area (Å²) in [7, 11) is -3.87. The van der Waals surface area contributed by atoms with Gasteiger partial charge in [-0.2, -0.15) is 13.2 Å². The zero-order chi connectivity index (χ0) is 18.9. The summed E-state index contributed by atoms with van der Waals surface area (Å²) in [5.41, 5.74) is 0. The lowest BCUT2D eigenvalue weighted by atomic mass is 10.1. The first-order chi connectivity index (χ1) is 12.2. The van der Waals surface area contributed by atoms with Crippen molar-refractivity contribution in [2.75, 3.05) is 26.3 Å². The number of hydrogen-bond donors (Lipinski definition) is 1. The van der Waals surface area contributed by atoms with E-state index in [-0.39, 0.29) is 30.8 Å². The Balaban J connectivity index is 1.63. The summed E-state index contributed by atoms with van der Waals surface area (Å²) in [6.07, 6.45) is -4.71. The lowest BCUT2D eigenvalue weighted by molar-refractivity contribution is -0.186. The van der Waals surface area contributed by atoms with Gasteiger partial charge in [-0.25, -0.2) is 13.1 Å². The summed E-state index contributed by atoms with van der Waals surface area (Å²) in [6.45, 7) is 0.377. The van der Waals surface area contributed by atoms with E-state index in [9.17, 15) is 26.4 Å². The predicted molar refractivity (Wildman–Crippen MR) is 83.4 cm³/mol. The van der Waals surface area contributed by atoms with Gasteiger partial charge in [0.15, 0.2) is 11.5 Å². The Morgan fingerprint density at radius 3 is 2.35 bits per heavy atom. The number of hydrogen-bond acceptors (Lipinski definition) is 5. The number of carbonyl (C=O) groups is 1. The van der Waals surface area contributed by atoms with E-state index in [2.05, 4.69) is 4.72 Å². The average Bonchev–Trinajstić information content (AvgIpc) is 2.60. The number of sulfonamides is 1. The van der Waals surface area contributed by atoms with Crippen molar-refractivity contribution in [3.05, 3.63) is 18.2 Å². The van der Waals surface area contributed by atoms with Crippen LogP contribution in [0.25, 0.3) is 0 Å². The molecule has 1 amide bonds. The third-order valence-corrected chi connectivity index (χ3v) is 5.69. The number of piperidine rings is 1. The molecule has 2 aliphatic heterocycles. The van der Waals surface area contributed by atoms with Gasteiger partial charge in [0.1, 0.15) is 13.2 Å². The molecule has 2 heterocycles. The molecule has 0 atom stereocenters. The van der Waals surface area contributed by atoms with Gasteiger partial charge in [-0.15, -0.1) is 0 Å². The number of likely N-dealkylation sites (tertiary alicyclic amines) is 1. The first-order valence-corrected chi connectivity index (χ1v) is 9.43. The highest BCUT2D eigenvalue weighted by Gasteiger charge is 2.43. The van der Waals surface area contributed by atoms with E-state index in [1.807, 2.05) is 0 Å². The molecule has 144 valence electrons. The largest absolute Gasteiger partial charge is 0.486 e. The molecule has 26 heavy (non-hydrogen) atoms. The molecule has 1 aromatic carbocycles. The number of nitrogens with zero attached hydrogens (tertiary/aromatic N) is 1. The van der Waals surface area contributed by atoms with Crippen LogP contribution in [0.1, 0.15) is 12.8 Å². The van der Waals surface area contributed by atoms with Crippen LogP contribution in [0.2, 0.25) is 0 Å². The van der Waals surface area contributed by atoms with Crippen molar-refractivity contribution in [1.29, 1.82) is 0 Å². The Hall–Kier alpha value is -2.01. The summed E-state index contributed by atoms with van der Waals surface area (Å²) >= 11 is 0. The number of nitrogens with one attached hydrogen (secondary N) is 1. The van der Waals surface area contributed by atoms with Gasteiger partial charge in [0.2, 0.25) is 10.0 Å². The number of halogens is 3. The van der Waals surface area contributed by atoms with Gasteiger partial charge in [0.25, 0.3) is 0 Å². The van der Waals surface area contributed by atoms with Crippen molar-refractivity contribution < 1.29 is 35.9 Å². The third-order valence-electron chi connectivity index (χ3n) is 4.17. The highest BCUT2D eigenvalue weighted by atomic mass is 32.2. The van der Waals surface area contributed by atoms with Crippen LogP contribution in [0.15, 0.2) is 23.1 Å². The van der Waals surface area contributed by atoms with E-state index in [4.69, 9.17) is 9.47 Å². The molecule has 3 rings (SSSR count). The molecule has 0 radical (unpaired) electrons. The molecule has 11 heteroatoms. The molecule has 0 saturated carbocycles. The van der Waals surface area contributed by atoms with Crippen LogP contribution in [-0.4, -0.2) is 57.7 Å². The van der Waals surface area contributed by atoms with Gasteiger partial charge in [-0.1, -0.05) is 0 Å². The highest BCUT2D eigenvalue weighted by Crippen LogP contribution is 2.32. The second-order valence-corrected chi connectivity index (χ2v) is 7.70. The van der Waals surface area contributed by atoms with Crippen LogP contribution < -0.4 is 14.2 Å². The number of ether oxygens (including phenoxy) is 2. The summed E-state index contributed by atoms with van der Waals surface area (Å²) in [5.74, 6) is -1.12. The van der Waals surface area contributed by atoms with E-state index in [0.717, 1.165) is 0 Å². The number of fused-ring (bicyclic) bond motifs is 1. The Kier molecular flexibility index (Phi) is 5.02. The van der Waals surface area contributed by atoms with Gasteiger partial charge >= 0.3 is 12.1 Å². The molecule has 0 spiro atoms. The van der Waals surface area contributed by atoms with Crippen molar-refractivity contribution in [3.8, 4) is 11.5 Å². The highest BCUT2D eigenvalue weighted by molar-refractivity contribution is 7.89. The molecule has 0 aromatic heterocycles. The Morgan fingerprint density at radius 2 is 1.73 bits per heavy atom. The van der Waals surface area contributed by atoms with E-state index >= 15 is 0 Å². The van der Waals surface area contributed by atoms with Crippen molar-refractivity contribution in [2.45, 2.75) is 30.0 Å². The van der Waals surface area contributed by atoms with Gasteiger partial charge in [-0.05, 0) is 25.0 Å². The first-order valence-electron chi connectivity index (χ1n) is 7.95. The number of rotatable bonds is 3. The molecule has 2 aliphatic rings. The number of alkyl halides is 3. The normalized spacial score (nSPS) is 18.7. The maximum absolute atomic E-state index is 12.5. The zero-order valence-corrected chi connectivity index (χ0v) is 14.4. The fraction of sp³-hybridized carbons (Fsp3) is 0.533. The Bertz CT molecular complexity index is 789. The summed E-state index contributed by atoms with van der Waals surface area (Å²) < 4.78 is 75.5. The van der Waals surface area contributed by atoms with Crippen molar-refractivity contribution in [3.63, 3.8) is 0 Å². The standard InChI is InChI=1S/C15H17F3N2O5S/c16-15(17,18)14(21)20-5-3-10(4-6-20)19-26(22,23)11-1-2-12-13(9-11)25-8-7-24-12/h1-2,9-10,19H,3-8H2. The molecular formula is C15H17F3N2O5S. The third kappa shape index (κ3) is 4.04. The van der Waals surface area contributed by atoms with Crippen molar-refractivity contribution in [2.24, 2.45) is 0 Å². The fourth-order valence-electron chi connectivity index (χ4n) is 2.86. The smallest absolute Gasteiger partial charge is 0.471 e. The van der Waals surface area contributed by atoms with Crippen molar-refractivity contribution in [1.82, 2.24) is 9.62 Å². The SMILES string of the molecule is O=C(N1CCC(NS(=O)(=O)c2ccc3c(c2)OCCO3)CC1)C(F)(F)F. The molecule has 1 saturated heterocycles. The quantitative estimate of drug-likeness (QED) is 0.835. The number of benzene rings is 1. The lowest BCUT2D eigenvalue weighted by Crippen LogP contribution is -2.49. The molecule has 7 nitrogen and oxygen atoms in total. The molecule has 1 fully saturated rings. The molecule has 1 aromatic rings. The van der Waals surface area contributed by atoms with Crippen LogP contribution in [0.4, 0.5) is 13.2 Å². The fourth-order valence-corrected chi connectivity index (χ4v) is 4.18. The zero-order valence-electron chi connectivity index (χ0n) is 13.6. The van der Waals surface area contributed by atoms with E-state index in [1.165, 1.54) is 18.2 Å². The topological polar surface area (TPSA) is 84.9 Å². The Morgan fingerprint density at radius 1 is 1.12 bits per heavy atom. The minimum Gasteiger partial charge on any atom is -0.486 e. The number of carbonyl (C=O) groups excluding carboxylic acids is 1. The number of amides is 1. The van der Waals surface area contributed by atoms with Crippen LogP contribution in [-0.2, 0) is 14.8 Å². The maximum Gasteiger partial charge on any atom is 0.471 e. The molecule has 1 N–H and O–H groups in total. The van der Waals surface area contributed by atoms with Gasteiger partial charge in [0.05, 0.1) is 4.90 Å². The van der Waals surface area contributed by atoms with Crippen LogP contribution in [0, 0.1) is 0 Å². The predicted octanol–water partition coefficient (Wildman–Crippen LogP) is 1.29. The van der Waals surface area contributed by atoms with Crippen LogP contribution >= 0.6 is 0 Å². The molecule has 0 unspecified atom stereocenters. The van der Waals surface area contributed by atoms with E-state index < -0.39 is 28.1 Å². The van der Waals surface area contributed by atoms with E-state index in [1.54, 1.807) is 0 Å². The second kappa shape index (κ2) is 6.95. The summed E-state index contributed by atoms with van der Waals surface area (Å²) in [5, 5.41) is 0. The molecule has 0 aliphatic carbocycles. The summed E-state index contributed by atoms with van der Waals surface area (Å²) in [4.78, 5) is 11.9. The average molecular weight is 394 g/mol. The van der Waals surface area contributed by atoms with Crippen LogP contribution in [0.3, 0.4) is 0 Å². The second-order valence-electron chi connectivity index (χ2n) is 5.99. The minimum atomic E-state index is -4.92. The molecular weight excluding hydrogens is 377 g/mol. The van der Waals surface area contributed by atoms with Gasteiger partial charge in [0, 0.05) is 25.2 Å². The summed E-state index contributed by atoms with van der Waals surface area (Å²) in [6, 6.07) is 3.66. The van der Waals surface area contributed by atoms with Gasteiger partial charge in [-0.3, -0.25) is 4.79 Å². The monoisotopic (exact) mass is 394 g/mol. The van der Waals surface area contributed by atoms with E-state index in [0.29, 0.717) is 29.6 Å². The Labute approximate surface area is 148 Å². The minimum absolute atomic E-state index is 0.0180. The van der Waals surface area contributed by atoms with Gasteiger partial charge < -0.3 is 14.4 Å². The first kappa shape index (κ1) is 18.8.